The number of aromatic carboxylic acids is 1. The van der Waals surface area contributed by atoms with E-state index in [0.717, 1.165) is 6.26 Å². The summed E-state index contributed by atoms with van der Waals surface area (Å²) in [5.41, 5.74) is 0.499. The van der Waals surface area contributed by atoms with Crippen molar-refractivity contribution in [1.82, 2.24) is 4.98 Å². The molecule has 1 heterocycles. The van der Waals surface area contributed by atoms with Crippen LogP contribution in [0.5, 0.6) is 5.75 Å². The van der Waals surface area contributed by atoms with Gasteiger partial charge in [0.1, 0.15) is 12.0 Å². The Morgan fingerprint density at radius 3 is 2.81 bits per heavy atom. The Balaban J connectivity index is 2.46. The van der Waals surface area contributed by atoms with Gasteiger partial charge in [0.2, 0.25) is 5.89 Å². The van der Waals surface area contributed by atoms with Gasteiger partial charge in [0.15, 0.2) is 5.69 Å². The first kappa shape index (κ1) is 10.2. The molecule has 0 aliphatic carbocycles. The number of oxazole rings is 1. The fourth-order valence-electron chi connectivity index (χ4n) is 1.32. The van der Waals surface area contributed by atoms with Crippen LogP contribution < -0.4 is 4.74 Å². The molecule has 0 atom stereocenters. The number of carboxylic acid groups (broad SMARTS) is 1. The van der Waals surface area contributed by atoms with Crippen LogP contribution >= 0.6 is 0 Å². The zero-order chi connectivity index (χ0) is 11.5. The maximum Gasteiger partial charge on any atom is 0.357 e. The van der Waals surface area contributed by atoms with Crippen molar-refractivity contribution >= 4 is 5.97 Å². The molecule has 1 aromatic heterocycles. The number of hydrogen-bond acceptors (Lipinski definition) is 4. The molecule has 82 valence electrons. The van der Waals surface area contributed by atoms with E-state index in [1.54, 1.807) is 18.2 Å². The number of aromatic nitrogens is 1. The number of methoxy groups -OCH3 is 1. The number of benzene rings is 1. The van der Waals surface area contributed by atoms with E-state index in [-0.39, 0.29) is 11.6 Å². The van der Waals surface area contributed by atoms with Crippen molar-refractivity contribution < 1.29 is 19.1 Å². The Labute approximate surface area is 91.3 Å². The highest BCUT2D eigenvalue weighted by molar-refractivity contribution is 5.85. The molecule has 0 aliphatic heterocycles. The number of carboxylic acids is 1. The van der Waals surface area contributed by atoms with Gasteiger partial charge >= 0.3 is 5.97 Å². The van der Waals surface area contributed by atoms with Crippen LogP contribution in [-0.2, 0) is 0 Å². The SMILES string of the molecule is COc1ccccc1-c1nc(C(=O)O)co1. The number of nitrogens with zero attached hydrogens (tertiary/aromatic N) is 1. The van der Waals surface area contributed by atoms with Crippen LogP contribution in [0.25, 0.3) is 11.5 Å². The van der Waals surface area contributed by atoms with E-state index in [4.69, 9.17) is 14.3 Å². The van der Waals surface area contributed by atoms with E-state index in [1.165, 1.54) is 7.11 Å². The molecule has 0 aliphatic rings. The van der Waals surface area contributed by atoms with Gasteiger partial charge in [-0.05, 0) is 12.1 Å². The third-order valence-corrected chi connectivity index (χ3v) is 2.06. The first-order valence-electron chi connectivity index (χ1n) is 4.54. The molecule has 16 heavy (non-hydrogen) atoms. The van der Waals surface area contributed by atoms with Crippen molar-refractivity contribution in [2.75, 3.05) is 7.11 Å². The van der Waals surface area contributed by atoms with Crippen molar-refractivity contribution in [2.45, 2.75) is 0 Å². The van der Waals surface area contributed by atoms with Crippen LogP contribution in [0.15, 0.2) is 34.9 Å². The summed E-state index contributed by atoms with van der Waals surface area (Å²) in [7, 11) is 1.53. The van der Waals surface area contributed by atoms with Crippen LogP contribution in [0.3, 0.4) is 0 Å². The van der Waals surface area contributed by atoms with Gasteiger partial charge in [-0.1, -0.05) is 12.1 Å². The minimum absolute atomic E-state index is 0.124. The van der Waals surface area contributed by atoms with Crippen molar-refractivity contribution in [3.05, 3.63) is 36.2 Å². The number of ether oxygens (including phenoxy) is 1. The summed E-state index contributed by atoms with van der Waals surface area (Å²) in [6.07, 6.45) is 1.10. The lowest BCUT2D eigenvalue weighted by Crippen LogP contribution is -1.96. The number of carbonyl (C=O) groups is 1. The van der Waals surface area contributed by atoms with E-state index in [9.17, 15) is 4.79 Å². The Hall–Kier alpha value is -2.30. The highest BCUT2D eigenvalue weighted by atomic mass is 16.5. The second kappa shape index (κ2) is 4.06. The standard InChI is InChI=1S/C11H9NO4/c1-15-9-5-3-2-4-7(9)10-12-8(6-16-10)11(13)14/h2-6H,1H3,(H,13,14). The molecule has 0 saturated carbocycles. The molecule has 2 rings (SSSR count). The van der Waals surface area contributed by atoms with Gasteiger partial charge in [0.05, 0.1) is 12.7 Å². The minimum atomic E-state index is -1.12. The van der Waals surface area contributed by atoms with E-state index in [1.807, 2.05) is 6.07 Å². The van der Waals surface area contributed by atoms with Crippen LogP contribution in [0.2, 0.25) is 0 Å². The Bertz CT molecular complexity index is 518. The molecule has 0 bridgehead atoms. The quantitative estimate of drug-likeness (QED) is 0.855. The smallest absolute Gasteiger partial charge is 0.357 e. The lowest BCUT2D eigenvalue weighted by Gasteiger charge is -2.03. The van der Waals surface area contributed by atoms with Crippen LogP contribution in [0.1, 0.15) is 10.5 Å². The van der Waals surface area contributed by atoms with Gasteiger partial charge in [-0.3, -0.25) is 0 Å². The Kier molecular flexibility index (Phi) is 2.59. The maximum absolute atomic E-state index is 10.6. The molecule has 1 N–H and O–H groups in total. The molecule has 0 radical (unpaired) electrons. The zero-order valence-corrected chi connectivity index (χ0v) is 8.51. The third-order valence-electron chi connectivity index (χ3n) is 2.06. The number of rotatable bonds is 3. The van der Waals surface area contributed by atoms with E-state index in [0.29, 0.717) is 11.3 Å². The average molecular weight is 219 g/mol. The molecule has 0 saturated heterocycles. The normalized spacial score (nSPS) is 10.1. The molecule has 0 amide bonds. The predicted octanol–water partition coefficient (Wildman–Crippen LogP) is 2.05. The Morgan fingerprint density at radius 2 is 2.19 bits per heavy atom. The van der Waals surface area contributed by atoms with E-state index >= 15 is 0 Å². The first-order valence-corrected chi connectivity index (χ1v) is 4.54. The topological polar surface area (TPSA) is 72.6 Å². The molecule has 0 unspecified atom stereocenters. The molecule has 0 spiro atoms. The fraction of sp³-hybridized carbons (Fsp3) is 0.0909. The summed E-state index contributed by atoms with van der Waals surface area (Å²) in [5.74, 6) is -0.305. The van der Waals surface area contributed by atoms with Crippen LogP contribution in [0.4, 0.5) is 0 Å². The third kappa shape index (κ3) is 1.75. The van der Waals surface area contributed by atoms with Crippen molar-refractivity contribution in [3.63, 3.8) is 0 Å². The van der Waals surface area contributed by atoms with Crippen molar-refractivity contribution in [3.8, 4) is 17.2 Å². The molecular formula is C11H9NO4. The van der Waals surface area contributed by atoms with Crippen molar-refractivity contribution in [2.24, 2.45) is 0 Å². The molecular weight excluding hydrogens is 210 g/mol. The highest BCUT2D eigenvalue weighted by Gasteiger charge is 2.14. The van der Waals surface area contributed by atoms with Gasteiger partial charge in [-0.2, -0.15) is 0 Å². The van der Waals surface area contributed by atoms with Gasteiger partial charge in [0, 0.05) is 0 Å². The Morgan fingerprint density at radius 1 is 1.44 bits per heavy atom. The summed E-state index contributed by atoms with van der Waals surface area (Å²) in [4.78, 5) is 14.5. The summed E-state index contributed by atoms with van der Waals surface area (Å²) < 4.78 is 10.2. The number of para-hydroxylation sites is 1. The molecule has 0 fully saturated rings. The highest BCUT2D eigenvalue weighted by Crippen LogP contribution is 2.28. The molecule has 1 aromatic carbocycles. The fourth-order valence-corrected chi connectivity index (χ4v) is 1.32. The van der Waals surface area contributed by atoms with Gasteiger partial charge in [-0.25, -0.2) is 9.78 Å². The zero-order valence-electron chi connectivity index (χ0n) is 8.51. The monoisotopic (exact) mass is 219 g/mol. The van der Waals surface area contributed by atoms with Gasteiger partial charge in [-0.15, -0.1) is 0 Å². The van der Waals surface area contributed by atoms with Crippen LogP contribution in [0, 0.1) is 0 Å². The summed E-state index contributed by atoms with van der Waals surface area (Å²) in [6, 6.07) is 7.10. The lowest BCUT2D eigenvalue weighted by molar-refractivity contribution is 0.0690. The lowest BCUT2D eigenvalue weighted by atomic mass is 10.2. The van der Waals surface area contributed by atoms with Gasteiger partial charge < -0.3 is 14.3 Å². The summed E-state index contributed by atoms with van der Waals surface area (Å²) in [6.45, 7) is 0. The minimum Gasteiger partial charge on any atom is -0.496 e. The second-order valence-corrected chi connectivity index (χ2v) is 3.04. The summed E-state index contributed by atoms with van der Waals surface area (Å²) in [5, 5.41) is 8.72. The first-order chi connectivity index (χ1) is 7.72. The van der Waals surface area contributed by atoms with E-state index in [2.05, 4.69) is 4.98 Å². The maximum atomic E-state index is 10.6. The molecule has 5 heteroatoms. The molecule has 5 nitrogen and oxygen atoms in total. The van der Waals surface area contributed by atoms with Crippen molar-refractivity contribution in [1.29, 1.82) is 0 Å². The largest absolute Gasteiger partial charge is 0.496 e. The molecule has 2 aromatic rings. The second-order valence-electron chi connectivity index (χ2n) is 3.04. The number of hydrogen-bond donors (Lipinski definition) is 1. The van der Waals surface area contributed by atoms with Crippen LogP contribution in [-0.4, -0.2) is 23.2 Å². The van der Waals surface area contributed by atoms with Gasteiger partial charge in [0.25, 0.3) is 0 Å². The summed E-state index contributed by atoms with van der Waals surface area (Å²) >= 11 is 0. The average Bonchev–Trinajstić information content (AvgIpc) is 2.78. The van der Waals surface area contributed by atoms with E-state index < -0.39 is 5.97 Å². The predicted molar refractivity (Wildman–Crippen MR) is 55.5 cm³/mol.